The quantitative estimate of drug-likeness (QED) is 0.835. The fourth-order valence-electron chi connectivity index (χ4n) is 3.72. The molecule has 2 heteroatoms. The van der Waals surface area contributed by atoms with Crippen molar-refractivity contribution >= 4 is 6.08 Å². The van der Waals surface area contributed by atoms with E-state index in [-0.39, 0.29) is 0 Å². The fraction of sp³-hybridized carbons (Fsp3) is 0.579. The molecule has 2 fully saturated rings. The van der Waals surface area contributed by atoms with Crippen LogP contribution in [0.5, 0.6) is 0 Å². The van der Waals surface area contributed by atoms with Gasteiger partial charge in [-0.05, 0) is 30.7 Å². The van der Waals surface area contributed by atoms with Gasteiger partial charge in [-0.1, -0.05) is 49.4 Å². The molecule has 1 saturated carbocycles. The van der Waals surface area contributed by atoms with Gasteiger partial charge in [0.1, 0.15) is 0 Å². The SMILES string of the molecule is C[C@H]1CC[C@H](N2CCN(CC=Cc3ccccc3)CC2)C1. The highest BCUT2D eigenvalue weighted by atomic mass is 15.3. The second kappa shape index (κ2) is 7.24. The molecule has 2 nitrogen and oxygen atoms in total. The van der Waals surface area contributed by atoms with Gasteiger partial charge in [0, 0.05) is 38.8 Å². The molecule has 0 radical (unpaired) electrons. The van der Waals surface area contributed by atoms with Crippen molar-refractivity contribution in [1.82, 2.24) is 9.80 Å². The maximum absolute atomic E-state index is 2.74. The summed E-state index contributed by atoms with van der Waals surface area (Å²) in [5.41, 5.74) is 1.30. The average molecular weight is 284 g/mol. The zero-order valence-electron chi connectivity index (χ0n) is 13.2. The third-order valence-corrected chi connectivity index (χ3v) is 5.06. The number of benzene rings is 1. The molecule has 1 saturated heterocycles. The van der Waals surface area contributed by atoms with Crippen molar-refractivity contribution in [2.24, 2.45) is 5.92 Å². The molecule has 0 aromatic heterocycles. The van der Waals surface area contributed by atoms with Gasteiger partial charge in [0.2, 0.25) is 0 Å². The zero-order chi connectivity index (χ0) is 14.5. The highest BCUT2D eigenvalue weighted by molar-refractivity contribution is 5.48. The molecular formula is C19H28N2. The Balaban J connectivity index is 1.41. The van der Waals surface area contributed by atoms with Crippen molar-refractivity contribution in [3.8, 4) is 0 Å². The van der Waals surface area contributed by atoms with Gasteiger partial charge in [0.05, 0.1) is 0 Å². The lowest BCUT2D eigenvalue weighted by Gasteiger charge is -2.37. The number of piperazine rings is 1. The van der Waals surface area contributed by atoms with Gasteiger partial charge in [0.15, 0.2) is 0 Å². The summed E-state index contributed by atoms with van der Waals surface area (Å²) < 4.78 is 0. The Morgan fingerprint density at radius 2 is 1.81 bits per heavy atom. The minimum Gasteiger partial charge on any atom is -0.298 e. The predicted octanol–water partition coefficient (Wildman–Crippen LogP) is 3.51. The van der Waals surface area contributed by atoms with E-state index in [0.717, 1.165) is 18.5 Å². The van der Waals surface area contributed by atoms with Crippen molar-refractivity contribution in [2.75, 3.05) is 32.7 Å². The van der Waals surface area contributed by atoms with Crippen LogP contribution in [0.2, 0.25) is 0 Å². The normalized spacial score (nSPS) is 28.4. The molecule has 1 aliphatic carbocycles. The Hall–Kier alpha value is -1.12. The molecule has 1 heterocycles. The number of hydrogen-bond acceptors (Lipinski definition) is 2. The highest BCUT2D eigenvalue weighted by Crippen LogP contribution is 2.29. The third kappa shape index (κ3) is 4.18. The lowest BCUT2D eigenvalue weighted by Crippen LogP contribution is -2.49. The Morgan fingerprint density at radius 1 is 1.05 bits per heavy atom. The van der Waals surface area contributed by atoms with E-state index in [4.69, 9.17) is 0 Å². The zero-order valence-corrected chi connectivity index (χ0v) is 13.2. The summed E-state index contributed by atoms with van der Waals surface area (Å²) in [6.45, 7) is 8.47. The van der Waals surface area contributed by atoms with E-state index in [9.17, 15) is 0 Å². The van der Waals surface area contributed by atoms with Crippen LogP contribution >= 0.6 is 0 Å². The van der Waals surface area contributed by atoms with Crippen LogP contribution in [-0.4, -0.2) is 48.6 Å². The molecule has 0 amide bonds. The lowest BCUT2D eigenvalue weighted by molar-refractivity contribution is 0.104. The first-order valence-corrected chi connectivity index (χ1v) is 8.49. The predicted molar refractivity (Wildman–Crippen MR) is 90.3 cm³/mol. The standard InChI is InChI=1S/C19H28N2/c1-17-9-10-19(16-17)21-14-12-20(13-15-21)11-5-8-18-6-3-2-4-7-18/h2-8,17,19H,9-16H2,1H3/t17-,19-/m0/s1. The maximum Gasteiger partial charge on any atom is 0.0167 e. The van der Waals surface area contributed by atoms with Crippen molar-refractivity contribution in [1.29, 1.82) is 0 Å². The van der Waals surface area contributed by atoms with Crippen molar-refractivity contribution in [2.45, 2.75) is 32.2 Å². The molecule has 2 aliphatic rings. The summed E-state index contributed by atoms with van der Waals surface area (Å²) in [7, 11) is 0. The van der Waals surface area contributed by atoms with Crippen LogP contribution in [0.15, 0.2) is 36.4 Å². The second-order valence-electron chi connectivity index (χ2n) is 6.72. The third-order valence-electron chi connectivity index (χ3n) is 5.06. The summed E-state index contributed by atoms with van der Waals surface area (Å²) in [5, 5.41) is 0. The monoisotopic (exact) mass is 284 g/mol. The number of nitrogens with zero attached hydrogens (tertiary/aromatic N) is 2. The van der Waals surface area contributed by atoms with Crippen LogP contribution in [0.1, 0.15) is 31.7 Å². The second-order valence-corrected chi connectivity index (χ2v) is 6.72. The fourth-order valence-corrected chi connectivity index (χ4v) is 3.72. The summed E-state index contributed by atoms with van der Waals surface area (Å²) in [6.07, 6.45) is 8.83. The van der Waals surface area contributed by atoms with E-state index in [2.05, 4.69) is 59.2 Å². The first-order valence-electron chi connectivity index (χ1n) is 8.49. The molecule has 0 N–H and O–H groups in total. The van der Waals surface area contributed by atoms with E-state index in [1.54, 1.807) is 0 Å². The summed E-state index contributed by atoms with van der Waals surface area (Å²) >= 11 is 0. The molecule has 114 valence electrons. The molecule has 0 bridgehead atoms. The molecular weight excluding hydrogens is 256 g/mol. The Morgan fingerprint density at radius 3 is 2.48 bits per heavy atom. The Bertz CT molecular complexity index is 446. The first kappa shape index (κ1) is 14.8. The van der Waals surface area contributed by atoms with Crippen LogP contribution in [0, 0.1) is 5.92 Å². The number of hydrogen-bond donors (Lipinski definition) is 0. The molecule has 0 spiro atoms. The van der Waals surface area contributed by atoms with Crippen LogP contribution in [-0.2, 0) is 0 Å². The van der Waals surface area contributed by atoms with Gasteiger partial charge < -0.3 is 0 Å². The van der Waals surface area contributed by atoms with Crippen LogP contribution in [0.3, 0.4) is 0 Å². The van der Waals surface area contributed by atoms with Gasteiger partial charge in [-0.15, -0.1) is 0 Å². The molecule has 21 heavy (non-hydrogen) atoms. The van der Waals surface area contributed by atoms with Crippen molar-refractivity contribution < 1.29 is 0 Å². The van der Waals surface area contributed by atoms with Gasteiger partial charge in [-0.25, -0.2) is 0 Å². The molecule has 1 aromatic carbocycles. The molecule has 1 aromatic rings. The van der Waals surface area contributed by atoms with Crippen molar-refractivity contribution in [3.63, 3.8) is 0 Å². The van der Waals surface area contributed by atoms with Crippen LogP contribution in [0.4, 0.5) is 0 Å². The topological polar surface area (TPSA) is 6.48 Å². The van der Waals surface area contributed by atoms with E-state index < -0.39 is 0 Å². The summed E-state index contributed by atoms with van der Waals surface area (Å²) in [4.78, 5) is 5.31. The van der Waals surface area contributed by atoms with Gasteiger partial charge in [-0.3, -0.25) is 9.80 Å². The van der Waals surface area contributed by atoms with Gasteiger partial charge in [-0.2, -0.15) is 0 Å². The van der Waals surface area contributed by atoms with Crippen LogP contribution in [0.25, 0.3) is 6.08 Å². The molecule has 0 unspecified atom stereocenters. The van der Waals surface area contributed by atoms with E-state index in [1.165, 1.54) is 51.0 Å². The average Bonchev–Trinajstić information content (AvgIpc) is 2.96. The van der Waals surface area contributed by atoms with Crippen molar-refractivity contribution in [3.05, 3.63) is 42.0 Å². The van der Waals surface area contributed by atoms with Gasteiger partial charge in [0.25, 0.3) is 0 Å². The number of rotatable bonds is 4. The minimum absolute atomic E-state index is 0.877. The molecule has 3 rings (SSSR count). The minimum atomic E-state index is 0.877. The van der Waals surface area contributed by atoms with E-state index in [0.29, 0.717) is 0 Å². The lowest BCUT2D eigenvalue weighted by atomic mass is 10.1. The smallest absolute Gasteiger partial charge is 0.0167 e. The summed E-state index contributed by atoms with van der Waals surface area (Å²) in [6, 6.07) is 11.5. The molecule has 1 aliphatic heterocycles. The highest BCUT2D eigenvalue weighted by Gasteiger charge is 2.28. The van der Waals surface area contributed by atoms with E-state index >= 15 is 0 Å². The van der Waals surface area contributed by atoms with Gasteiger partial charge >= 0.3 is 0 Å². The molecule has 2 atom stereocenters. The maximum atomic E-state index is 2.74. The summed E-state index contributed by atoms with van der Waals surface area (Å²) in [5.74, 6) is 0.946. The van der Waals surface area contributed by atoms with E-state index in [1.807, 2.05) is 0 Å². The largest absolute Gasteiger partial charge is 0.298 e. The van der Waals surface area contributed by atoms with Crippen LogP contribution < -0.4 is 0 Å². The Kier molecular flexibility index (Phi) is 5.10. The Labute approximate surface area is 129 Å². The first-order chi connectivity index (χ1) is 10.3.